The molecule has 1 unspecified atom stereocenters. The summed E-state index contributed by atoms with van der Waals surface area (Å²) in [5, 5.41) is 9.87. The second kappa shape index (κ2) is 6.44. The molecular formula is C17H21NO2. The van der Waals surface area contributed by atoms with Gasteiger partial charge in [0.25, 0.3) is 0 Å². The predicted octanol–water partition coefficient (Wildman–Crippen LogP) is 3.38. The van der Waals surface area contributed by atoms with Crippen molar-refractivity contribution in [2.75, 3.05) is 19.1 Å². The van der Waals surface area contributed by atoms with Crippen LogP contribution >= 0.6 is 0 Å². The Bertz CT molecular complexity index is 566. The van der Waals surface area contributed by atoms with Crippen LogP contribution in [0.25, 0.3) is 0 Å². The summed E-state index contributed by atoms with van der Waals surface area (Å²) < 4.78 is 5.38. The summed E-state index contributed by atoms with van der Waals surface area (Å²) in [5.74, 6) is 0.883. The van der Waals surface area contributed by atoms with Crippen molar-refractivity contribution in [3.63, 3.8) is 0 Å². The van der Waals surface area contributed by atoms with Crippen molar-refractivity contribution in [2.45, 2.75) is 19.6 Å². The van der Waals surface area contributed by atoms with Crippen LogP contribution in [0.4, 0.5) is 5.69 Å². The van der Waals surface area contributed by atoms with E-state index in [1.54, 1.807) is 14.0 Å². The molecule has 0 saturated heterocycles. The van der Waals surface area contributed by atoms with Gasteiger partial charge < -0.3 is 14.7 Å². The van der Waals surface area contributed by atoms with Crippen LogP contribution in [0.5, 0.6) is 5.75 Å². The van der Waals surface area contributed by atoms with Crippen molar-refractivity contribution in [3.05, 3.63) is 59.7 Å². The molecule has 3 heteroatoms. The van der Waals surface area contributed by atoms with Gasteiger partial charge in [0, 0.05) is 30.4 Å². The summed E-state index contributed by atoms with van der Waals surface area (Å²) in [7, 11) is 3.70. The number of nitrogens with zero attached hydrogens (tertiary/aromatic N) is 1. The number of rotatable bonds is 5. The van der Waals surface area contributed by atoms with Gasteiger partial charge in [0.2, 0.25) is 0 Å². The molecule has 0 spiro atoms. The Morgan fingerprint density at radius 3 is 2.45 bits per heavy atom. The Balaban J connectivity index is 2.26. The van der Waals surface area contributed by atoms with Crippen molar-refractivity contribution in [1.82, 2.24) is 0 Å². The average Bonchev–Trinajstić information content (AvgIpc) is 2.47. The van der Waals surface area contributed by atoms with Gasteiger partial charge in [0.1, 0.15) is 5.75 Å². The summed E-state index contributed by atoms with van der Waals surface area (Å²) in [6.07, 6.45) is -0.480. The van der Waals surface area contributed by atoms with Gasteiger partial charge >= 0.3 is 0 Å². The number of hydrogen-bond donors (Lipinski definition) is 1. The zero-order chi connectivity index (χ0) is 14.5. The van der Waals surface area contributed by atoms with Crippen molar-refractivity contribution >= 4 is 5.69 Å². The van der Waals surface area contributed by atoms with Gasteiger partial charge in [-0.3, -0.25) is 0 Å². The largest absolute Gasteiger partial charge is 0.496 e. The molecule has 0 aliphatic rings. The fourth-order valence-corrected chi connectivity index (χ4v) is 2.36. The molecule has 2 rings (SSSR count). The van der Waals surface area contributed by atoms with Crippen LogP contribution in [-0.2, 0) is 6.54 Å². The molecule has 20 heavy (non-hydrogen) atoms. The molecule has 0 radical (unpaired) electrons. The van der Waals surface area contributed by atoms with E-state index in [0.717, 1.165) is 29.1 Å². The smallest absolute Gasteiger partial charge is 0.123 e. The average molecular weight is 271 g/mol. The van der Waals surface area contributed by atoms with Crippen molar-refractivity contribution in [2.24, 2.45) is 0 Å². The number of aliphatic hydroxyl groups excluding tert-OH is 1. The van der Waals surface area contributed by atoms with Gasteiger partial charge in [-0.2, -0.15) is 0 Å². The van der Waals surface area contributed by atoms with E-state index in [1.165, 1.54) is 0 Å². The number of hydrogen-bond acceptors (Lipinski definition) is 3. The fraction of sp³-hybridized carbons (Fsp3) is 0.294. The van der Waals surface area contributed by atoms with Gasteiger partial charge in [0.15, 0.2) is 0 Å². The summed E-state index contributed by atoms with van der Waals surface area (Å²) in [6.45, 7) is 2.52. The molecule has 0 amide bonds. The van der Waals surface area contributed by atoms with Crippen LogP contribution in [-0.4, -0.2) is 19.3 Å². The Kier molecular flexibility index (Phi) is 4.64. The van der Waals surface area contributed by atoms with Gasteiger partial charge in [0.05, 0.1) is 13.2 Å². The lowest BCUT2D eigenvalue weighted by atomic mass is 10.1. The minimum atomic E-state index is -0.480. The van der Waals surface area contributed by atoms with Crippen LogP contribution in [0.2, 0.25) is 0 Å². The van der Waals surface area contributed by atoms with Crippen LogP contribution in [0.3, 0.4) is 0 Å². The Labute approximate surface area is 120 Å². The van der Waals surface area contributed by atoms with Crippen LogP contribution in [0, 0.1) is 0 Å². The maximum absolute atomic E-state index is 9.87. The molecule has 1 N–H and O–H groups in total. The number of ether oxygens (including phenoxy) is 1. The van der Waals surface area contributed by atoms with Gasteiger partial charge in [-0.15, -0.1) is 0 Å². The highest BCUT2D eigenvalue weighted by atomic mass is 16.5. The zero-order valence-electron chi connectivity index (χ0n) is 12.2. The number of aliphatic hydroxyl groups is 1. The van der Waals surface area contributed by atoms with Crippen LogP contribution in [0.15, 0.2) is 48.5 Å². The SMILES string of the molecule is COc1ccccc1CN(C)c1ccccc1C(C)O. The molecule has 0 bridgehead atoms. The molecule has 0 saturated carbocycles. The highest BCUT2D eigenvalue weighted by Crippen LogP contribution is 2.28. The topological polar surface area (TPSA) is 32.7 Å². The van der Waals surface area contributed by atoms with E-state index in [0.29, 0.717) is 0 Å². The predicted molar refractivity (Wildman–Crippen MR) is 82.2 cm³/mol. The van der Waals surface area contributed by atoms with Gasteiger partial charge in [-0.05, 0) is 19.1 Å². The molecule has 0 heterocycles. The van der Waals surface area contributed by atoms with Crippen LogP contribution in [0.1, 0.15) is 24.2 Å². The standard InChI is InChI=1S/C17H21NO2/c1-13(19)15-9-5-6-10-16(15)18(2)12-14-8-4-7-11-17(14)20-3/h4-11,13,19H,12H2,1-3H3. The number of benzene rings is 2. The fourth-order valence-electron chi connectivity index (χ4n) is 2.36. The first-order valence-electron chi connectivity index (χ1n) is 6.73. The quantitative estimate of drug-likeness (QED) is 0.905. The number of methoxy groups -OCH3 is 1. The molecule has 2 aromatic carbocycles. The van der Waals surface area contributed by atoms with Crippen molar-refractivity contribution in [1.29, 1.82) is 0 Å². The molecule has 2 aromatic rings. The minimum Gasteiger partial charge on any atom is -0.496 e. The third-order valence-electron chi connectivity index (χ3n) is 3.40. The second-order valence-electron chi connectivity index (χ2n) is 4.90. The van der Waals surface area contributed by atoms with E-state index in [1.807, 2.05) is 49.5 Å². The number of anilines is 1. The Morgan fingerprint density at radius 1 is 1.10 bits per heavy atom. The molecule has 0 aliphatic carbocycles. The molecule has 0 fully saturated rings. The molecule has 3 nitrogen and oxygen atoms in total. The maximum Gasteiger partial charge on any atom is 0.123 e. The third-order valence-corrected chi connectivity index (χ3v) is 3.40. The zero-order valence-corrected chi connectivity index (χ0v) is 12.2. The third kappa shape index (κ3) is 3.11. The van der Waals surface area contributed by atoms with Gasteiger partial charge in [-0.1, -0.05) is 36.4 Å². The monoisotopic (exact) mass is 271 g/mol. The lowest BCUT2D eigenvalue weighted by Crippen LogP contribution is -2.19. The first-order chi connectivity index (χ1) is 9.63. The van der Waals surface area contributed by atoms with E-state index in [9.17, 15) is 5.11 Å². The summed E-state index contributed by atoms with van der Waals surface area (Å²) in [5.41, 5.74) is 3.09. The van der Waals surface area contributed by atoms with Crippen molar-refractivity contribution in [3.8, 4) is 5.75 Å². The van der Waals surface area contributed by atoms with E-state index >= 15 is 0 Å². The van der Waals surface area contributed by atoms with E-state index in [4.69, 9.17) is 4.74 Å². The minimum absolute atomic E-state index is 0.480. The molecular weight excluding hydrogens is 250 g/mol. The maximum atomic E-state index is 9.87. The Hall–Kier alpha value is -2.00. The first kappa shape index (κ1) is 14.4. The lowest BCUT2D eigenvalue weighted by Gasteiger charge is -2.24. The van der Waals surface area contributed by atoms with Crippen molar-refractivity contribution < 1.29 is 9.84 Å². The summed E-state index contributed by atoms with van der Waals surface area (Å²) >= 11 is 0. The lowest BCUT2D eigenvalue weighted by molar-refractivity contribution is 0.199. The van der Waals surface area contributed by atoms with E-state index in [2.05, 4.69) is 11.0 Å². The second-order valence-corrected chi connectivity index (χ2v) is 4.90. The van der Waals surface area contributed by atoms with E-state index < -0.39 is 6.10 Å². The normalized spacial score (nSPS) is 12.0. The Morgan fingerprint density at radius 2 is 1.75 bits per heavy atom. The highest BCUT2D eigenvalue weighted by Gasteiger charge is 2.12. The molecule has 106 valence electrons. The first-order valence-corrected chi connectivity index (χ1v) is 6.73. The number of para-hydroxylation sites is 2. The van der Waals surface area contributed by atoms with Gasteiger partial charge in [-0.25, -0.2) is 0 Å². The summed E-state index contributed by atoms with van der Waals surface area (Å²) in [4.78, 5) is 2.12. The highest BCUT2D eigenvalue weighted by molar-refractivity contribution is 5.54. The molecule has 0 aliphatic heterocycles. The molecule has 0 aromatic heterocycles. The molecule has 1 atom stereocenters. The van der Waals surface area contributed by atoms with Crippen LogP contribution < -0.4 is 9.64 Å². The van der Waals surface area contributed by atoms with E-state index in [-0.39, 0.29) is 0 Å². The summed E-state index contributed by atoms with van der Waals surface area (Å²) in [6, 6.07) is 15.9.